The molecule has 7 heteroatoms. The van der Waals surface area contributed by atoms with E-state index in [-0.39, 0.29) is 11.7 Å². The van der Waals surface area contributed by atoms with Crippen LogP contribution in [0.4, 0.5) is 5.69 Å². The van der Waals surface area contributed by atoms with Crippen molar-refractivity contribution in [1.29, 1.82) is 0 Å². The molecule has 2 aromatic carbocycles. The Bertz CT molecular complexity index is 959. The standard InChI is InChI=1S/C20H21ClN4OS/c1-12-9-13(2)18(14(3)10-12)22-17(26)11-27-20-24-23-19(25(20)4)15-5-7-16(21)8-6-15/h5-10H,11H2,1-4H3,(H,22,26). The third kappa shape index (κ3) is 4.51. The number of hydrogen-bond donors (Lipinski definition) is 1. The number of aryl methyl sites for hydroxylation is 3. The van der Waals surface area contributed by atoms with E-state index in [0.29, 0.717) is 10.2 Å². The minimum absolute atomic E-state index is 0.0638. The van der Waals surface area contributed by atoms with E-state index in [4.69, 9.17) is 11.6 Å². The lowest BCUT2D eigenvalue weighted by molar-refractivity contribution is -0.113. The van der Waals surface area contributed by atoms with Crippen molar-refractivity contribution in [1.82, 2.24) is 14.8 Å². The monoisotopic (exact) mass is 400 g/mol. The van der Waals surface area contributed by atoms with Crippen molar-refractivity contribution < 1.29 is 4.79 Å². The van der Waals surface area contributed by atoms with Gasteiger partial charge in [0, 0.05) is 23.3 Å². The molecule has 27 heavy (non-hydrogen) atoms. The van der Waals surface area contributed by atoms with Crippen molar-refractivity contribution in [2.75, 3.05) is 11.1 Å². The highest BCUT2D eigenvalue weighted by Gasteiger charge is 2.14. The van der Waals surface area contributed by atoms with Crippen LogP contribution in [0.3, 0.4) is 0 Å². The van der Waals surface area contributed by atoms with Crippen LogP contribution in [0, 0.1) is 20.8 Å². The van der Waals surface area contributed by atoms with Crippen molar-refractivity contribution >= 4 is 35.0 Å². The molecule has 1 heterocycles. The van der Waals surface area contributed by atoms with E-state index < -0.39 is 0 Å². The quantitative estimate of drug-likeness (QED) is 0.625. The molecule has 0 spiro atoms. The number of anilines is 1. The second kappa shape index (κ2) is 8.15. The molecule has 0 atom stereocenters. The van der Waals surface area contributed by atoms with E-state index in [0.717, 1.165) is 28.2 Å². The Morgan fingerprint density at radius 2 is 1.74 bits per heavy atom. The molecular formula is C20H21ClN4OS. The van der Waals surface area contributed by atoms with Crippen LogP contribution in [0.5, 0.6) is 0 Å². The molecule has 3 aromatic rings. The van der Waals surface area contributed by atoms with Gasteiger partial charge in [0.2, 0.25) is 5.91 Å². The van der Waals surface area contributed by atoms with E-state index in [9.17, 15) is 4.79 Å². The zero-order valence-corrected chi connectivity index (χ0v) is 17.3. The summed E-state index contributed by atoms with van der Waals surface area (Å²) in [5.41, 5.74) is 5.12. The van der Waals surface area contributed by atoms with Crippen LogP contribution < -0.4 is 5.32 Å². The number of nitrogens with one attached hydrogen (secondary N) is 1. The van der Waals surface area contributed by atoms with Gasteiger partial charge in [0.05, 0.1) is 5.75 Å². The Balaban J connectivity index is 1.67. The highest BCUT2D eigenvalue weighted by Crippen LogP contribution is 2.25. The summed E-state index contributed by atoms with van der Waals surface area (Å²) in [7, 11) is 1.89. The van der Waals surface area contributed by atoms with Crippen LogP contribution >= 0.6 is 23.4 Å². The van der Waals surface area contributed by atoms with E-state index in [1.807, 2.05) is 56.7 Å². The van der Waals surface area contributed by atoms with Gasteiger partial charge in [-0.1, -0.05) is 41.1 Å². The Morgan fingerprint density at radius 1 is 1.11 bits per heavy atom. The average molecular weight is 401 g/mol. The van der Waals surface area contributed by atoms with Gasteiger partial charge in [-0.15, -0.1) is 10.2 Å². The Kier molecular flexibility index (Phi) is 5.87. The number of benzene rings is 2. The molecule has 1 N–H and O–H groups in total. The van der Waals surface area contributed by atoms with Gasteiger partial charge in [0.25, 0.3) is 0 Å². The second-order valence-corrected chi connectivity index (χ2v) is 7.86. The number of amides is 1. The Labute approximate surface area is 168 Å². The molecule has 0 saturated heterocycles. The van der Waals surface area contributed by atoms with Gasteiger partial charge in [0.1, 0.15) is 0 Å². The number of halogens is 1. The normalized spacial score (nSPS) is 10.9. The van der Waals surface area contributed by atoms with Gasteiger partial charge < -0.3 is 9.88 Å². The maximum absolute atomic E-state index is 12.4. The lowest BCUT2D eigenvalue weighted by Gasteiger charge is -2.12. The number of thioether (sulfide) groups is 1. The van der Waals surface area contributed by atoms with E-state index in [2.05, 4.69) is 27.6 Å². The molecule has 0 aliphatic carbocycles. The van der Waals surface area contributed by atoms with Crippen molar-refractivity contribution in [3.8, 4) is 11.4 Å². The minimum atomic E-state index is -0.0638. The van der Waals surface area contributed by atoms with Crippen molar-refractivity contribution in [3.63, 3.8) is 0 Å². The van der Waals surface area contributed by atoms with Crippen LogP contribution in [-0.4, -0.2) is 26.4 Å². The highest BCUT2D eigenvalue weighted by atomic mass is 35.5. The van der Waals surface area contributed by atoms with Crippen LogP contribution in [0.15, 0.2) is 41.6 Å². The van der Waals surface area contributed by atoms with Gasteiger partial charge in [0.15, 0.2) is 11.0 Å². The molecule has 5 nitrogen and oxygen atoms in total. The van der Waals surface area contributed by atoms with Crippen LogP contribution in [0.25, 0.3) is 11.4 Å². The predicted molar refractivity (Wildman–Crippen MR) is 111 cm³/mol. The van der Waals surface area contributed by atoms with Gasteiger partial charge in [-0.05, 0) is 56.2 Å². The largest absolute Gasteiger partial charge is 0.325 e. The smallest absolute Gasteiger partial charge is 0.234 e. The van der Waals surface area contributed by atoms with Gasteiger partial charge in [-0.25, -0.2) is 0 Å². The van der Waals surface area contributed by atoms with E-state index >= 15 is 0 Å². The Morgan fingerprint density at radius 3 is 2.37 bits per heavy atom. The lowest BCUT2D eigenvalue weighted by atomic mass is 10.1. The summed E-state index contributed by atoms with van der Waals surface area (Å²) in [6, 6.07) is 11.6. The van der Waals surface area contributed by atoms with Gasteiger partial charge in [-0.2, -0.15) is 0 Å². The number of carbonyl (C=O) groups is 1. The number of hydrogen-bond acceptors (Lipinski definition) is 4. The lowest BCUT2D eigenvalue weighted by Crippen LogP contribution is -2.16. The predicted octanol–water partition coefficient (Wildman–Crippen LogP) is 4.79. The topological polar surface area (TPSA) is 59.8 Å². The first kappa shape index (κ1) is 19.5. The average Bonchev–Trinajstić information content (AvgIpc) is 2.98. The molecule has 1 amide bonds. The summed E-state index contributed by atoms with van der Waals surface area (Å²) < 4.78 is 1.88. The molecule has 0 radical (unpaired) electrons. The summed E-state index contributed by atoms with van der Waals surface area (Å²) >= 11 is 7.29. The molecule has 0 aliphatic heterocycles. The maximum Gasteiger partial charge on any atom is 0.234 e. The van der Waals surface area contributed by atoms with Crippen molar-refractivity contribution in [3.05, 3.63) is 58.1 Å². The fraction of sp³-hybridized carbons (Fsp3) is 0.250. The highest BCUT2D eigenvalue weighted by molar-refractivity contribution is 7.99. The molecule has 0 unspecified atom stereocenters. The first-order chi connectivity index (χ1) is 12.8. The molecule has 1 aromatic heterocycles. The zero-order chi connectivity index (χ0) is 19.6. The molecule has 0 saturated carbocycles. The van der Waals surface area contributed by atoms with E-state index in [1.165, 1.54) is 17.3 Å². The fourth-order valence-electron chi connectivity index (χ4n) is 2.97. The summed E-state index contributed by atoms with van der Waals surface area (Å²) in [5, 5.41) is 12.8. The first-order valence-corrected chi connectivity index (χ1v) is 9.87. The molecule has 140 valence electrons. The Hall–Kier alpha value is -2.31. The minimum Gasteiger partial charge on any atom is -0.325 e. The number of nitrogens with zero attached hydrogens (tertiary/aromatic N) is 3. The summed E-state index contributed by atoms with van der Waals surface area (Å²) in [4.78, 5) is 12.4. The summed E-state index contributed by atoms with van der Waals surface area (Å²) in [6.07, 6.45) is 0. The molecule has 0 bridgehead atoms. The SMILES string of the molecule is Cc1cc(C)c(NC(=O)CSc2nnc(-c3ccc(Cl)cc3)n2C)c(C)c1. The summed E-state index contributed by atoms with van der Waals surface area (Å²) in [6.45, 7) is 6.06. The number of aromatic nitrogens is 3. The van der Waals surface area contributed by atoms with Gasteiger partial charge in [-0.3, -0.25) is 4.79 Å². The van der Waals surface area contributed by atoms with Crippen LogP contribution in [0.1, 0.15) is 16.7 Å². The van der Waals surface area contributed by atoms with E-state index in [1.54, 1.807) is 0 Å². The van der Waals surface area contributed by atoms with Crippen LogP contribution in [0.2, 0.25) is 5.02 Å². The third-order valence-electron chi connectivity index (χ3n) is 4.21. The number of carbonyl (C=O) groups excluding carboxylic acids is 1. The van der Waals surface area contributed by atoms with Crippen LogP contribution in [-0.2, 0) is 11.8 Å². The molecule has 3 rings (SSSR count). The third-order valence-corrected chi connectivity index (χ3v) is 5.48. The second-order valence-electron chi connectivity index (χ2n) is 6.48. The molecular weight excluding hydrogens is 380 g/mol. The number of rotatable bonds is 5. The van der Waals surface area contributed by atoms with Gasteiger partial charge >= 0.3 is 0 Å². The van der Waals surface area contributed by atoms with Crippen molar-refractivity contribution in [2.24, 2.45) is 7.05 Å². The summed E-state index contributed by atoms with van der Waals surface area (Å²) in [5.74, 6) is 0.935. The fourth-order valence-corrected chi connectivity index (χ4v) is 3.81. The molecule has 0 aliphatic rings. The maximum atomic E-state index is 12.4. The van der Waals surface area contributed by atoms with Crippen molar-refractivity contribution in [2.45, 2.75) is 25.9 Å². The molecule has 0 fully saturated rings. The zero-order valence-electron chi connectivity index (χ0n) is 15.7. The first-order valence-electron chi connectivity index (χ1n) is 8.51.